The summed E-state index contributed by atoms with van der Waals surface area (Å²) in [4.78, 5) is 11.2. The maximum Gasteiger partial charge on any atom is 0.221 e. The van der Waals surface area contributed by atoms with Gasteiger partial charge in [-0.3, -0.25) is 4.79 Å². The van der Waals surface area contributed by atoms with Crippen LogP contribution in [0.25, 0.3) is 11.4 Å². The number of H-pyrrole nitrogens is 1. The molecule has 0 spiro atoms. The molecule has 3 N–H and O–H groups in total. The summed E-state index contributed by atoms with van der Waals surface area (Å²) in [6.45, 7) is 2.65. The molecule has 0 unspecified atom stereocenters. The molecule has 0 bridgehead atoms. The Labute approximate surface area is 115 Å². The molecule has 0 aliphatic carbocycles. The molecule has 20 heavy (non-hydrogen) atoms. The zero-order chi connectivity index (χ0) is 14.4. The lowest BCUT2D eigenvalue weighted by Crippen LogP contribution is -2.12. The van der Waals surface area contributed by atoms with Crippen LogP contribution >= 0.6 is 0 Å². The van der Waals surface area contributed by atoms with Gasteiger partial charge in [-0.05, 0) is 23.4 Å². The zero-order valence-electron chi connectivity index (χ0n) is 11.3. The van der Waals surface area contributed by atoms with Crippen molar-refractivity contribution in [2.75, 3.05) is 30.9 Å². The number of hydrogen-bond donors (Lipinski definition) is 3. The molecule has 1 aromatic heterocycles. The molecule has 8 heteroatoms. The predicted octanol–water partition coefficient (Wildman–Crippen LogP) is 0.883. The van der Waals surface area contributed by atoms with Crippen LogP contribution < -0.4 is 10.6 Å². The SMILES string of the molecule is COCCNc1cc(-c2nn[nH]n2)ccc1NC(C)=O. The Kier molecular flexibility index (Phi) is 4.61. The molecule has 0 saturated heterocycles. The Morgan fingerprint density at radius 2 is 2.25 bits per heavy atom. The van der Waals surface area contributed by atoms with E-state index >= 15 is 0 Å². The Balaban J connectivity index is 2.26. The molecule has 2 aromatic rings. The van der Waals surface area contributed by atoms with Gasteiger partial charge in [0.25, 0.3) is 0 Å². The number of rotatable bonds is 6. The number of hydrogen-bond acceptors (Lipinski definition) is 6. The van der Waals surface area contributed by atoms with Crippen molar-refractivity contribution in [3.8, 4) is 11.4 Å². The van der Waals surface area contributed by atoms with Crippen molar-refractivity contribution >= 4 is 17.3 Å². The molecule has 1 heterocycles. The standard InChI is InChI=1S/C12H16N6O2/c1-8(19)14-10-4-3-9(12-15-17-18-16-12)7-11(10)13-5-6-20-2/h3-4,7,13H,5-6H2,1-2H3,(H,14,19)(H,15,16,17,18). The van der Waals surface area contributed by atoms with E-state index in [1.165, 1.54) is 6.92 Å². The number of aromatic amines is 1. The van der Waals surface area contributed by atoms with E-state index in [0.29, 0.717) is 24.7 Å². The highest BCUT2D eigenvalue weighted by Gasteiger charge is 2.09. The van der Waals surface area contributed by atoms with Crippen LogP contribution in [0.2, 0.25) is 0 Å². The van der Waals surface area contributed by atoms with Gasteiger partial charge in [-0.2, -0.15) is 5.21 Å². The fourth-order valence-electron chi connectivity index (χ4n) is 1.70. The highest BCUT2D eigenvalue weighted by atomic mass is 16.5. The summed E-state index contributed by atoms with van der Waals surface area (Å²) >= 11 is 0. The fraction of sp³-hybridized carbons (Fsp3) is 0.333. The molecule has 0 radical (unpaired) electrons. The molecular formula is C12H16N6O2. The van der Waals surface area contributed by atoms with Crippen molar-refractivity contribution in [3.63, 3.8) is 0 Å². The van der Waals surface area contributed by atoms with Crippen molar-refractivity contribution in [3.05, 3.63) is 18.2 Å². The van der Waals surface area contributed by atoms with Crippen LogP contribution in [0.1, 0.15) is 6.92 Å². The van der Waals surface area contributed by atoms with Crippen LogP contribution in [0, 0.1) is 0 Å². The van der Waals surface area contributed by atoms with Gasteiger partial charge in [0.2, 0.25) is 11.7 Å². The maximum absolute atomic E-state index is 11.2. The highest BCUT2D eigenvalue weighted by molar-refractivity contribution is 5.93. The molecule has 0 aliphatic heterocycles. The lowest BCUT2D eigenvalue weighted by Gasteiger charge is -2.13. The van der Waals surface area contributed by atoms with Gasteiger partial charge in [-0.15, -0.1) is 10.2 Å². The minimum atomic E-state index is -0.132. The zero-order valence-corrected chi connectivity index (χ0v) is 11.3. The van der Waals surface area contributed by atoms with Gasteiger partial charge < -0.3 is 15.4 Å². The second-order valence-electron chi connectivity index (χ2n) is 4.10. The second-order valence-corrected chi connectivity index (χ2v) is 4.10. The average Bonchev–Trinajstić information content (AvgIpc) is 2.94. The maximum atomic E-state index is 11.2. The normalized spacial score (nSPS) is 10.3. The van der Waals surface area contributed by atoms with Crippen molar-refractivity contribution < 1.29 is 9.53 Å². The number of carbonyl (C=O) groups is 1. The van der Waals surface area contributed by atoms with E-state index in [2.05, 4.69) is 31.3 Å². The van der Waals surface area contributed by atoms with Crippen LogP contribution in [-0.4, -0.2) is 46.8 Å². The van der Waals surface area contributed by atoms with Crippen LogP contribution in [0.3, 0.4) is 0 Å². The third-order valence-corrected chi connectivity index (χ3v) is 2.56. The number of nitrogens with one attached hydrogen (secondary N) is 3. The first-order valence-electron chi connectivity index (χ1n) is 6.09. The second kappa shape index (κ2) is 6.62. The quantitative estimate of drug-likeness (QED) is 0.677. The number of nitrogens with zero attached hydrogens (tertiary/aromatic N) is 3. The lowest BCUT2D eigenvalue weighted by molar-refractivity contribution is -0.114. The number of anilines is 2. The lowest BCUT2D eigenvalue weighted by atomic mass is 10.1. The number of carbonyl (C=O) groups excluding carboxylic acids is 1. The number of ether oxygens (including phenoxy) is 1. The van der Waals surface area contributed by atoms with Crippen molar-refractivity contribution in [1.82, 2.24) is 20.6 Å². The molecule has 0 aliphatic rings. The van der Waals surface area contributed by atoms with Crippen molar-refractivity contribution in [2.45, 2.75) is 6.92 Å². The largest absolute Gasteiger partial charge is 0.383 e. The molecular weight excluding hydrogens is 260 g/mol. The molecule has 0 fully saturated rings. The summed E-state index contributed by atoms with van der Waals surface area (Å²) in [6, 6.07) is 5.46. The summed E-state index contributed by atoms with van der Waals surface area (Å²) in [5, 5.41) is 19.8. The van der Waals surface area contributed by atoms with Crippen molar-refractivity contribution in [2.24, 2.45) is 0 Å². The van der Waals surface area contributed by atoms with E-state index in [1.807, 2.05) is 12.1 Å². The van der Waals surface area contributed by atoms with Crippen LogP contribution in [0.15, 0.2) is 18.2 Å². The topological polar surface area (TPSA) is 105 Å². The Hall–Kier alpha value is -2.48. The summed E-state index contributed by atoms with van der Waals surface area (Å²) in [7, 11) is 1.63. The number of tetrazole rings is 1. The van der Waals surface area contributed by atoms with Gasteiger partial charge in [-0.25, -0.2) is 0 Å². The highest BCUT2D eigenvalue weighted by Crippen LogP contribution is 2.27. The summed E-state index contributed by atoms with van der Waals surface area (Å²) in [6.07, 6.45) is 0. The monoisotopic (exact) mass is 276 g/mol. The molecule has 0 saturated carbocycles. The Bertz CT molecular complexity index is 569. The smallest absolute Gasteiger partial charge is 0.221 e. The van der Waals surface area contributed by atoms with Gasteiger partial charge in [0.1, 0.15) is 0 Å². The average molecular weight is 276 g/mol. The van der Waals surface area contributed by atoms with E-state index in [1.54, 1.807) is 13.2 Å². The van der Waals surface area contributed by atoms with Gasteiger partial charge >= 0.3 is 0 Å². The van der Waals surface area contributed by atoms with Gasteiger partial charge in [0.15, 0.2) is 0 Å². The molecule has 106 valence electrons. The summed E-state index contributed by atoms with van der Waals surface area (Å²) in [5.41, 5.74) is 2.27. The fourth-order valence-corrected chi connectivity index (χ4v) is 1.70. The number of aromatic nitrogens is 4. The van der Waals surface area contributed by atoms with E-state index < -0.39 is 0 Å². The summed E-state index contributed by atoms with van der Waals surface area (Å²) in [5.74, 6) is 0.362. The number of benzene rings is 1. The number of amides is 1. The van der Waals surface area contributed by atoms with Crippen LogP contribution in [0.4, 0.5) is 11.4 Å². The minimum Gasteiger partial charge on any atom is -0.383 e. The van der Waals surface area contributed by atoms with Crippen molar-refractivity contribution in [1.29, 1.82) is 0 Å². The van der Waals surface area contributed by atoms with E-state index in [9.17, 15) is 4.79 Å². The van der Waals surface area contributed by atoms with E-state index in [-0.39, 0.29) is 5.91 Å². The van der Waals surface area contributed by atoms with E-state index in [0.717, 1.165) is 11.3 Å². The van der Waals surface area contributed by atoms with Gasteiger partial charge in [0.05, 0.1) is 18.0 Å². The molecule has 8 nitrogen and oxygen atoms in total. The first kappa shape index (κ1) is 13.9. The minimum absolute atomic E-state index is 0.132. The Morgan fingerprint density at radius 1 is 1.40 bits per heavy atom. The molecule has 1 amide bonds. The first-order chi connectivity index (χ1) is 9.70. The molecule has 0 atom stereocenters. The predicted molar refractivity (Wildman–Crippen MR) is 74.3 cm³/mol. The summed E-state index contributed by atoms with van der Waals surface area (Å²) < 4.78 is 5.00. The molecule has 2 rings (SSSR count). The van der Waals surface area contributed by atoms with Crippen LogP contribution in [0.5, 0.6) is 0 Å². The third kappa shape index (κ3) is 3.51. The van der Waals surface area contributed by atoms with Gasteiger partial charge in [-0.1, -0.05) is 0 Å². The third-order valence-electron chi connectivity index (χ3n) is 2.56. The van der Waals surface area contributed by atoms with E-state index in [4.69, 9.17) is 4.74 Å². The Morgan fingerprint density at radius 3 is 2.90 bits per heavy atom. The van der Waals surface area contributed by atoms with Gasteiger partial charge in [0, 0.05) is 26.1 Å². The first-order valence-corrected chi connectivity index (χ1v) is 6.09. The van der Waals surface area contributed by atoms with Crippen LogP contribution in [-0.2, 0) is 9.53 Å². The molecule has 1 aromatic carbocycles. The number of methoxy groups -OCH3 is 1.